The van der Waals surface area contributed by atoms with E-state index in [1.807, 2.05) is 13.8 Å². The first kappa shape index (κ1) is 13.6. The zero-order chi connectivity index (χ0) is 11.0. The summed E-state index contributed by atoms with van der Waals surface area (Å²) in [6.45, 7) is 4.48. The van der Waals surface area contributed by atoms with Crippen LogP contribution in [0.25, 0.3) is 0 Å². The number of carbonyl (C=O) groups excluding carboxylic acids is 1. The normalized spacial score (nSPS) is 14.8. The molecule has 0 aromatic carbocycles. The molecule has 0 rings (SSSR count). The van der Waals surface area contributed by atoms with Crippen LogP contribution in [0.4, 0.5) is 0 Å². The van der Waals surface area contributed by atoms with E-state index in [4.69, 9.17) is 0 Å². The molecule has 0 aliphatic rings. The Hall–Kier alpha value is -0.420. The molecule has 84 valence electrons. The first-order valence-corrected chi connectivity index (χ1v) is 6.24. The van der Waals surface area contributed by atoms with Gasteiger partial charge in [-0.2, -0.15) is 0 Å². The number of ether oxygens (including phenoxy) is 1. The van der Waals surface area contributed by atoms with Gasteiger partial charge in [0.25, 0.3) is 0 Å². The zero-order valence-electron chi connectivity index (χ0n) is 9.04. The number of esters is 1. The second kappa shape index (κ2) is 7.94. The van der Waals surface area contributed by atoms with Crippen LogP contribution >= 0.6 is 0 Å². The van der Waals surface area contributed by atoms with E-state index in [1.54, 1.807) is 0 Å². The van der Waals surface area contributed by atoms with Crippen molar-refractivity contribution in [1.82, 2.24) is 5.32 Å². The summed E-state index contributed by atoms with van der Waals surface area (Å²) in [6, 6.07) is 0.0799. The summed E-state index contributed by atoms with van der Waals surface area (Å²) < 4.78 is 15.6. The molecule has 14 heavy (non-hydrogen) atoms. The van der Waals surface area contributed by atoms with Crippen LogP contribution < -0.4 is 5.32 Å². The highest BCUT2D eigenvalue weighted by Crippen LogP contribution is 1.92. The molecule has 4 nitrogen and oxygen atoms in total. The molecule has 0 aliphatic heterocycles. The van der Waals surface area contributed by atoms with Gasteiger partial charge < -0.3 is 10.1 Å². The minimum Gasteiger partial charge on any atom is -0.469 e. The summed E-state index contributed by atoms with van der Waals surface area (Å²) in [7, 11) is 0.640. The quantitative estimate of drug-likeness (QED) is 0.628. The minimum atomic E-state index is -0.737. The number of methoxy groups -OCH3 is 1. The molecule has 1 N–H and O–H groups in total. The fourth-order valence-electron chi connectivity index (χ4n) is 0.969. The van der Waals surface area contributed by atoms with Crippen LogP contribution in [0.5, 0.6) is 0 Å². The lowest BCUT2D eigenvalue weighted by Crippen LogP contribution is -2.32. The van der Waals surface area contributed by atoms with E-state index in [1.165, 1.54) is 7.11 Å². The summed E-state index contributed by atoms with van der Waals surface area (Å²) in [4.78, 5) is 10.9. The van der Waals surface area contributed by atoms with Gasteiger partial charge in [-0.25, -0.2) is 0 Å². The predicted molar refractivity (Wildman–Crippen MR) is 57.6 cm³/mol. The predicted octanol–water partition coefficient (Wildman–Crippen LogP) is 0.296. The fraction of sp³-hybridized carbons (Fsp3) is 0.889. The van der Waals surface area contributed by atoms with Gasteiger partial charge in [-0.15, -0.1) is 0 Å². The number of carbonyl (C=O) groups is 1. The van der Waals surface area contributed by atoms with E-state index in [9.17, 15) is 9.00 Å². The molecule has 2 atom stereocenters. The third kappa shape index (κ3) is 7.03. The van der Waals surface area contributed by atoms with Gasteiger partial charge in [0.2, 0.25) is 0 Å². The molecule has 0 saturated heterocycles. The van der Waals surface area contributed by atoms with Crippen LogP contribution in [0.3, 0.4) is 0 Å². The maximum Gasteiger partial charge on any atom is 0.307 e. The van der Waals surface area contributed by atoms with E-state index in [0.29, 0.717) is 24.5 Å². The van der Waals surface area contributed by atoms with E-state index in [0.717, 1.165) is 0 Å². The van der Waals surface area contributed by atoms with Crippen molar-refractivity contribution in [1.29, 1.82) is 0 Å². The molecule has 0 radical (unpaired) electrons. The lowest BCUT2D eigenvalue weighted by molar-refractivity contribution is -0.141. The average Bonchev–Trinajstić information content (AvgIpc) is 2.17. The van der Waals surface area contributed by atoms with Crippen molar-refractivity contribution in [3.63, 3.8) is 0 Å². The van der Waals surface area contributed by atoms with E-state index >= 15 is 0 Å². The molecule has 0 aromatic rings. The van der Waals surface area contributed by atoms with Crippen molar-refractivity contribution in [3.8, 4) is 0 Å². The highest BCUT2D eigenvalue weighted by Gasteiger charge is 2.08. The van der Waals surface area contributed by atoms with Gasteiger partial charge in [-0.1, -0.05) is 6.92 Å². The van der Waals surface area contributed by atoms with Crippen LogP contribution in [0, 0.1) is 0 Å². The van der Waals surface area contributed by atoms with Crippen LogP contribution in [0.1, 0.15) is 20.3 Å². The summed E-state index contributed by atoms with van der Waals surface area (Å²) in [6.07, 6.45) is 0.356. The first-order valence-electron chi connectivity index (χ1n) is 4.75. The Labute approximate surface area is 87.9 Å². The number of hydrogen-bond donors (Lipinski definition) is 1. The average molecular weight is 221 g/mol. The van der Waals surface area contributed by atoms with E-state index in [2.05, 4.69) is 10.1 Å². The highest BCUT2D eigenvalue weighted by molar-refractivity contribution is 7.84. The second-order valence-corrected chi connectivity index (χ2v) is 4.93. The monoisotopic (exact) mass is 221 g/mol. The largest absolute Gasteiger partial charge is 0.469 e. The number of rotatable bonds is 7. The van der Waals surface area contributed by atoms with Gasteiger partial charge in [0.1, 0.15) is 0 Å². The third-order valence-electron chi connectivity index (χ3n) is 1.85. The smallest absolute Gasteiger partial charge is 0.307 e. The Morgan fingerprint density at radius 1 is 1.57 bits per heavy atom. The summed E-state index contributed by atoms with van der Waals surface area (Å²) in [5, 5.41) is 3.12. The van der Waals surface area contributed by atoms with Crippen LogP contribution in [-0.2, 0) is 20.3 Å². The van der Waals surface area contributed by atoms with Gasteiger partial charge in [0.05, 0.1) is 13.5 Å². The molecule has 2 unspecified atom stereocenters. The van der Waals surface area contributed by atoms with Crippen LogP contribution in [-0.4, -0.2) is 41.4 Å². The highest BCUT2D eigenvalue weighted by atomic mass is 32.2. The van der Waals surface area contributed by atoms with Gasteiger partial charge >= 0.3 is 5.97 Å². The second-order valence-electron chi connectivity index (χ2n) is 3.07. The Morgan fingerprint density at radius 3 is 2.71 bits per heavy atom. The number of nitrogens with one attached hydrogen (secondary N) is 1. The Balaban J connectivity index is 3.49. The maximum atomic E-state index is 11.1. The van der Waals surface area contributed by atoms with Gasteiger partial charge in [0.15, 0.2) is 0 Å². The molecule has 0 amide bonds. The van der Waals surface area contributed by atoms with Crippen molar-refractivity contribution in [3.05, 3.63) is 0 Å². The minimum absolute atomic E-state index is 0.0799. The molecular weight excluding hydrogens is 202 g/mol. The van der Waals surface area contributed by atoms with Crippen molar-refractivity contribution in [2.24, 2.45) is 0 Å². The molecule has 0 spiro atoms. The van der Waals surface area contributed by atoms with Crippen molar-refractivity contribution >= 4 is 16.8 Å². The Bertz CT molecular complexity index is 196. The van der Waals surface area contributed by atoms with Crippen LogP contribution in [0.2, 0.25) is 0 Å². The summed E-state index contributed by atoms with van der Waals surface area (Å²) in [5.74, 6) is 1.11. The zero-order valence-corrected chi connectivity index (χ0v) is 9.86. The van der Waals surface area contributed by atoms with Crippen LogP contribution in [0.15, 0.2) is 0 Å². The lowest BCUT2D eigenvalue weighted by Gasteiger charge is -2.11. The van der Waals surface area contributed by atoms with Crippen molar-refractivity contribution < 1.29 is 13.7 Å². The fourth-order valence-corrected chi connectivity index (χ4v) is 1.60. The summed E-state index contributed by atoms with van der Waals surface area (Å²) >= 11 is 0. The summed E-state index contributed by atoms with van der Waals surface area (Å²) in [5.41, 5.74) is 0. The van der Waals surface area contributed by atoms with Crippen molar-refractivity contribution in [2.75, 3.05) is 25.2 Å². The molecule has 0 heterocycles. The van der Waals surface area contributed by atoms with Gasteiger partial charge in [-0.05, 0) is 6.92 Å². The topological polar surface area (TPSA) is 55.4 Å². The van der Waals surface area contributed by atoms with Gasteiger partial charge in [-0.3, -0.25) is 9.00 Å². The maximum absolute atomic E-state index is 11.1. The molecule has 0 bridgehead atoms. The standard InChI is InChI=1S/C9H19NO3S/c1-4-14(12)6-5-10-8(2)7-9(11)13-3/h8,10H,4-7H2,1-3H3. The third-order valence-corrected chi connectivity index (χ3v) is 3.15. The molecule has 0 fully saturated rings. The number of hydrogen-bond acceptors (Lipinski definition) is 4. The molecule has 0 aliphatic carbocycles. The molecular formula is C9H19NO3S. The Morgan fingerprint density at radius 2 is 2.21 bits per heavy atom. The first-order chi connectivity index (χ1) is 6.60. The van der Waals surface area contributed by atoms with E-state index < -0.39 is 10.8 Å². The Kier molecular flexibility index (Phi) is 7.70. The van der Waals surface area contributed by atoms with E-state index in [-0.39, 0.29) is 12.0 Å². The van der Waals surface area contributed by atoms with Crippen molar-refractivity contribution in [2.45, 2.75) is 26.3 Å². The van der Waals surface area contributed by atoms with Gasteiger partial charge in [0, 0.05) is 34.9 Å². The SMILES string of the molecule is CCS(=O)CCNC(C)CC(=O)OC. The molecule has 5 heteroatoms. The molecule has 0 saturated carbocycles. The lowest BCUT2D eigenvalue weighted by atomic mass is 10.2. The molecule has 0 aromatic heterocycles.